The molecule has 0 aliphatic carbocycles. The molecule has 0 saturated heterocycles. The summed E-state index contributed by atoms with van der Waals surface area (Å²) in [6, 6.07) is 2.67. The predicted octanol–water partition coefficient (Wildman–Crippen LogP) is 4.06. The highest BCUT2D eigenvalue weighted by Crippen LogP contribution is 2.16. The third-order valence-corrected chi connectivity index (χ3v) is 3.77. The number of hydrogen-bond acceptors (Lipinski definition) is 2. The van der Waals surface area contributed by atoms with Gasteiger partial charge in [0.15, 0.2) is 0 Å². The summed E-state index contributed by atoms with van der Waals surface area (Å²) in [6.45, 7) is 7.04. The molecule has 0 aliphatic rings. The second kappa shape index (κ2) is 9.21. The van der Waals surface area contributed by atoms with Gasteiger partial charge in [-0.25, -0.2) is 4.39 Å². The van der Waals surface area contributed by atoms with Crippen molar-refractivity contribution in [3.05, 3.63) is 58.4 Å². The summed E-state index contributed by atoms with van der Waals surface area (Å²) in [5.41, 5.74) is 3.00. The van der Waals surface area contributed by atoms with E-state index in [4.69, 9.17) is 13.3 Å². The third-order valence-electron chi connectivity index (χ3n) is 3.77. The van der Waals surface area contributed by atoms with Crippen LogP contribution in [0.1, 0.15) is 41.8 Å². The van der Waals surface area contributed by atoms with Crippen LogP contribution in [-0.4, -0.2) is 25.5 Å². The quantitative estimate of drug-likeness (QED) is 0.443. The molecule has 1 atom stereocenters. The van der Waals surface area contributed by atoms with Crippen molar-refractivity contribution in [3.8, 4) is 0 Å². The van der Waals surface area contributed by atoms with Crippen LogP contribution in [0.25, 0.3) is 0 Å². The molecule has 0 aliphatic heterocycles. The summed E-state index contributed by atoms with van der Waals surface area (Å²) in [5, 5.41) is 10.3. The summed E-state index contributed by atoms with van der Waals surface area (Å²) in [7, 11) is 5.77. The van der Waals surface area contributed by atoms with Gasteiger partial charge in [0.2, 0.25) is 0 Å². The number of benzene rings is 1. The molecular formula is C19H24BFN2O. The summed E-state index contributed by atoms with van der Waals surface area (Å²) in [6.07, 6.45) is 6.28. The first kappa shape index (κ1) is 19.9. The Hall–Kier alpha value is -2.17. The van der Waals surface area contributed by atoms with Crippen molar-refractivity contribution >= 4 is 19.5 Å². The second-order valence-electron chi connectivity index (χ2n) is 5.91. The molecule has 0 bridgehead atoms. The number of allylic oxidation sites excluding steroid dienone is 3. The van der Waals surface area contributed by atoms with E-state index < -0.39 is 5.82 Å². The minimum atomic E-state index is -0.395. The predicted molar refractivity (Wildman–Crippen MR) is 98.6 cm³/mol. The number of halogens is 1. The van der Waals surface area contributed by atoms with Crippen molar-refractivity contribution in [3.63, 3.8) is 0 Å². The Kier molecular flexibility index (Phi) is 7.63. The molecule has 1 amide bonds. The molecule has 2 radical (unpaired) electrons. The standard InChI is InChI=1S/C19H24BFN2O/c1-5-15(7-6-14(4)22)9-16(11-20)23-19(24)17-10-18(21)13(3)8-12(17)2/h5-8,10,16,22H,9,11H2,1-4H3,(H,23,24)/b7-6-,15-5+,22-14?. The lowest BCUT2D eigenvalue weighted by molar-refractivity contribution is 0.0939. The lowest BCUT2D eigenvalue weighted by atomic mass is 9.91. The molecule has 2 N–H and O–H groups in total. The maximum atomic E-state index is 13.7. The Bertz CT molecular complexity index is 680. The minimum Gasteiger partial charge on any atom is -0.350 e. The molecular weight excluding hydrogens is 302 g/mol. The lowest BCUT2D eigenvalue weighted by Crippen LogP contribution is -2.35. The highest BCUT2D eigenvalue weighted by molar-refractivity contribution is 6.09. The Morgan fingerprint density at radius 1 is 1.33 bits per heavy atom. The van der Waals surface area contributed by atoms with E-state index >= 15 is 0 Å². The lowest BCUT2D eigenvalue weighted by Gasteiger charge is -2.19. The van der Waals surface area contributed by atoms with Crippen LogP contribution in [0.2, 0.25) is 6.32 Å². The molecule has 126 valence electrons. The second-order valence-corrected chi connectivity index (χ2v) is 5.91. The van der Waals surface area contributed by atoms with Gasteiger partial charge in [-0.2, -0.15) is 0 Å². The zero-order chi connectivity index (χ0) is 18.3. The maximum absolute atomic E-state index is 13.7. The maximum Gasteiger partial charge on any atom is 0.251 e. The van der Waals surface area contributed by atoms with Gasteiger partial charge in [0.25, 0.3) is 5.91 Å². The highest BCUT2D eigenvalue weighted by atomic mass is 19.1. The molecule has 1 unspecified atom stereocenters. The van der Waals surface area contributed by atoms with E-state index in [1.54, 1.807) is 32.9 Å². The third kappa shape index (κ3) is 5.80. The van der Waals surface area contributed by atoms with Crippen molar-refractivity contribution in [1.29, 1.82) is 5.41 Å². The van der Waals surface area contributed by atoms with Gasteiger partial charge < -0.3 is 10.7 Å². The van der Waals surface area contributed by atoms with Crippen LogP contribution in [0.4, 0.5) is 4.39 Å². The molecule has 0 aromatic heterocycles. The number of nitrogens with one attached hydrogen (secondary N) is 2. The van der Waals surface area contributed by atoms with Crippen molar-refractivity contribution in [2.45, 2.75) is 46.5 Å². The summed E-state index contributed by atoms with van der Waals surface area (Å²) in [5.74, 6) is -0.724. The SMILES string of the molecule is [B]CC(CC(/C=C\C(C)=N)=C/C)NC(=O)c1cc(F)c(C)cc1C. The summed E-state index contributed by atoms with van der Waals surface area (Å²) < 4.78 is 13.7. The van der Waals surface area contributed by atoms with E-state index in [-0.39, 0.29) is 18.3 Å². The number of rotatable bonds is 7. The molecule has 0 heterocycles. The van der Waals surface area contributed by atoms with Crippen molar-refractivity contribution in [1.82, 2.24) is 5.32 Å². The zero-order valence-electron chi connectivity index (χ0n) is 14.7. The van der Waals surface area contributed by atoms with Crippen molar-refractivity contribution in [2.75, 3.05) is 0 Å². The van der Waals surface area contributed by atoms with Crippen molar-refractivity contribution < 1.29 is 9.18 Å². The average Bonchev–Trinajstić information content (AvgIpc) is 2.53. The Morgan fingerprint density at radius 2 is 2.00 bits per heavy atom. The summed E-state index contributed by atoms with van der Waals surface area (Å²) >= 11 is 0. The first-order valence-corrected chi connectivity index (χ1v) is 7.94. The molecule has 1 aromatic rings. The van der Waals surface area contributed by atoms with E-state index in [0.29, 0.717) is 23.3 Å². The Balaban J connectivity index is 2.86. The van der Waals surface area contributed by atoms with Gasteiger partial charge in [0, 0.05) is 17.3 Å². The van der Waals surface area contributed by atoms with E-state index in [9.17, 15) is 9.18 Å². The van der Waals surface area contributed by atoms with Gasteiger partial charge in [-0.3, -0.25) is 4.79 Å². The summed E-state index contributed by atoms with van der Waals surface area (Å²) in [4.78, 5) is 12.4. The van der Waals surface area contributed by atoms with Crippen LogP contribution < -0.4 is 5.32 Å². The van der Waals surface area contributed by atoms with Gasteiger partial charge in [0.1, 0.15) is 5.82 Å². The van der Waals surface area contributed by atoms with E-state index in [0.717, 1.165) is 11.1 Å². The first-order chi connectivity index (χ1) is 11.3. The van der Waals surface area contributed by atoms with Gasteiger partial charge >= 0.3 is 0 Å². The Labute approximate surface area is 145 Å². The number of hydrogen-bond donors (Lipinski definition) is 2. The molecule has 0 saturated carbocycles. The van der Waals surface area contributed by atoms with Gasteiger partial charge in [-0.15, -0.1) is 0 Å². The molecule has 1 aromatic carbocycles. The monoisotopic (exact) mass is 326 g/mol. The molecule has 1 rings (SSSR count). The van der Waals surface area contributed by atoms with Gasteiger partial charge in [-0.05, 0) is 57.4 Å². The van der Waals surface area contributed by atoms with Crippen LogP contribution in [0.3, 0.4) is 0 Å². The largest absolute Gasteiger partial charge is 0.350 e. The van der Waals surface area contributed by atoms with Crippen molar-refractivity contribution in [2.24, 2.45) is 0 Å². The van der Waals surface area contributed by atoms with E-state index in [1.165, 1.54) is 6.07 Å². The van der Waals surface area contributed by atoms with Crippen LogP contribution in [0.15, 0.2) is 35.9 Å². The fourth-order valence-electron chi connectivity index (χ4n) is 2.33. The van der Waals surface area contributed by atoms with Crippen LogP contribution in [0, 0.1) is 25.1 Å². The van der Waals surface area contributed by atoms with Crippen LogP contribution >= 0.6 is 0 Å². The van der Waals surface area contributed by atoms with Gasteiger partial charge in [0.05, 0.1) is 7.85 Å². The van der Waals surface area contributed by atoms with Crippen LogP contribution in [0.5, 0.6) is 0 Å². The smallest absolute Gasteiger partial charge is 0.251 e. The number of carbonyl (C=O) groups excluding carboxylic acids is 1. The van der Waals surface area contributed by atoms with Crippen LogP contribution in [-0.2, 0) is 0 Å². The molecule has 0 spiro atoms. The van der Waals surface area contributed by atoms with E-state index in [2.05, 4.69) is 5.32 Å². The number of aryl methyl sites for hydroxylation is 2. The zero-order valence-corrected chi connectivity index (χ0v) is 14.7. The minimum absolute atomic E-state index is 0.261. The number of carbonyl (C=O) groups is 1. The topological polar surface area (TPSA) is 53.0 Å². The number of amides is 1. The fourth-order valence-corrected chi connectivity index (χ4v) is 2.33. The molecule has 24 heavy (non-hydrogen) atoms. The average molecular weight is 326 g/mol. The first-order valence-electron chi connectivity index (χ1n) is 7.94. The highest BCUT2D eigenvalue weighted by Gasteiger charge is 2.16. The van der Waals surface area contributed by atoms with E-state index in [1.807, 2.05) is 19.1 Å². The molecule has 3 nitrogen and oxygen atoms in total. The Morgan fingerprint density at radius 3 is 2.54 bits per heavy atom. The molecule has 5 heteroatoms. The normalized spacial score (nSPS) is 13.1. The fraction of sp³-hybridized carbons (Fsp3) is 0.368. The molecule has 0 fully saturated rings. The van der Waals surface area contributed by atoms with Gasteiger partial charge in [-0.1, -0.05) is 30.1 Å².